The van der Waals surface area contributed by atoms with Gasteiger partial charge in [-0.3, -0.25) is 10.1 Å². The van der Waals surface area contributed by atoms with Crippen molar-refractivity contribution in [3.63, 3.8) is 0 Å². The molecule has 0 radical (unpaired) electrons. The Bertz CT molecular complexity index is 444. The van der Waals surface area contributed by atoms with E-state index in [4.69, 9.17) is 4.74 Å². The van der Waals surface area contributed by atoms with Crippen molar-refractivity contribution in [1.29, 1.82) is 0 Å². The molecule has 1 N–H and O–H groups in total. The van der Waals surface area contributed by atoms with Crippen molar-refractivity contribution >= 4 is 11.4 Å². The van der Waals surface area contributed by atoms with Gasteiger partial charge < -0.3 is 10.1 Å². The van der Waals surface area contributed by atoms with Crippen molar-refractivity contribution < 1.29 is 9.66 Å². The van der Waals surface area contributed by atoms with Crippen molar-refractivity contribution in [2.75, 3.05) is 18.5 Å². The highest BCUT2D eigenvalue weighted by Crippen LogP contribution is 2.30. The molecule has 104 valence electrons. The van der Waals surface area contributed by atoms with E-state index in [2.05, 4.69) is 12.2 Å². The molecule has 1 aliphatic rings. The molecule has 5 nitrogen and oxygen atoms in total. The summed E-state index contributed by atoms with van der Waals surface area (Å²) in [6.45, 7) is 4.13. The molecule has 0 amide bonds. The highest BCUT2D eigenvalue weighted by atomic mass is 16.6. The summed E-state index contributed by atoms with van der Waals surface area (Å²) in [5, 5.41) is 14.1. The van der Waals surface area contributed by atoms with Crippen LogP contribution >= 0.6 is 0 Å². The molecule has 0 spiro atoms. The highest BCUT2D eigenvalue weighted by molar-refractivity contribution is 5.55. The van der Waals surface area contributed by atoms with Crippen LogP contribution in [0.2, 0.25) is 0 Å². The standard InChI is InChI=1S/C14H20N2O3/c1-2-7-15-14-6-5-13(16(17)18)8-12(14)10-19-9-11-3-4-11/h5-6,8,11,15H,2-4,7,9-10H2,1H3. The first kappa shape index (κ1) is 13.8. The maximum absolute atomic E-state index is 10.8. The molecular weight excluding hydrogens is 244 g/mol. The van der Waals surface area contributed by atoms with Crippen LogP contribution in [0.25, 0.3) is 0 Å². The fourth-order valence-electron chi connectivity index (χ4n) is 1.87. The summed E-state index contributed by atoms with van der Waals surface area (Å²) in [7, 11) is 0. The first-order valence-corrected chi connectivity index (χ1v) is 6.79. The summed E-state index contributed by atoms with van der Waals surface area (Å²) in [5.74, 6) is 0.700. The Labute approximate surface area is 113 Å². The fourth-order valence-corrected chi connectivity index (χ4v) is 1.87. The van der Waals surface area contributed by atoms with Crippen molar-refractivity contribution in [2.24, 2.45) is 5.92 Å². The Balaban J connectivity index is 2.03. The lowest BCUT2D eigenvalue weighted by molar-refractivity contribution is -0.384. The van der Waals surface area contributed by atoms with E-state index < -0.39 is 0 Å². The maximum Gasteiger partial charge on any atom is 0.269 e. The number of benzene rings is 1. The number of hydrogen-bond acceptors (Lipinski definition) is 4. The molecule has 1 saturated carbocycles. The third-order valence-corrected chi connectivity index (χ3v) is 3.17. The summed E-state index contributed by atoms with van der Waals surface area (Å²) in [6.07, 6.45) is 3.51. The van der Waals surface area contributed by atoms with E-state index in [1.54, 1.807) is 12.1 Å². The van der Waals surface area contributed by atoms with Gasteiger partial charge in [-0.15, -0.1) is 0 Å². The van der Waals surface area contributed by atoms with Crippen LogP contribution in [0.15, 0.2) is 18.2 Å². The Morgan fingerprint density at radius 3 is 2.89 bits per heavy atom. The molecule has 1 fully saturated rings. The molecule has 1 aromatic carbocycles. The van der Waals surface area contributed by atoms with Crippen LogP contribution in [-0.2, 0) is 11.3 Å². The number of hydrogen-bond donors (Lipinski definition) is 1. The van der Waals surface area contributed by atoms with Crippen molar-refractivity contribution in [2.45, 2.75) is 32.8 Å². The van der Waals surface area contributed by atoms with Crippen molar-refractivity contribution in [3.8, 4) is 0 Å². The summed E-state index contributed by atoms with van der Waals surface area (Å²) >= 11 is 0. The molecule has 0 aromatic heterocycles. The minimum Gasteiger partial charge on any atom is -0.385 e. The molecule has 1 aromatic rings. The van der Waals surface area contributed by atoms with Crippen molar-refractivity contribution in [1.82, 2.24) is 0 Å². The van der Waals surface area contributed by atoms with Crippen LogP contribution in [0, 0.1) is 16.0 Å². The third-order valence-electron chi connectivity index (χ3n) is 3.17. The fraction of sp³-hybridized carbons (Fsp3) is 0.571. The van der Waals surface area contributed by atoms with Gasteiger partial charge >= 0.3 is 0 Å². The van der Waals surface area contributed by atoms with Gasteiger partial charge in [0.2, 0.25) is 0 Å². The first-order valence-electron chi connectivity index (χ1n) is 6.79. The van der Waals surface area contributed by atoms with Crippen LogP contribution in [0.3, 0.4) is 0 Å². The van der Waals surface area contributed by atoms with E-state index in [1.807, 2.05) is 0 Å². The predicted octanol–water partition coefficient (Wildman–Crippen LogP) is 3.34. The molecule has 19 heavy (non-hydrogen) atoms. The van der Waals surface area contributed by atoms with E-state index in [0.717, 1.165) is 30.8 Å². The number of anilines is 1. The van der Waals surface area contributed by atoms with Crippen LogP contribution in [0.4, 0.5) is 11.4 Å². The molecule has 0 heterocycles. The van der Waals surface area contributed by atoms with Gasteiger partial charge in [0.1, 0.15) is 0 Å². The van der Waals surface area contributed by atoms with E-state index in [9.17, 15) is 10.1 Å². The number of nitrogens with zero attached hydrogens (tertiary/aromatic N) is 1. The largest absolute Gasteiger partial charge is 0.385 e. The Hall–Kier alpha value is -1.62. The minimum absolute atomic E-state index is 0.118. The molecule has 0 aliphatic heterocycles. The number of nitro benzene ring substituents is 1. The van der Waals surface area contributed by atoms with Gasteiger partial charge in [-0.25, -0.2) is 0 Å². The normalized spacial score (nSPS) is 14.4. The predicted molar refractivity (Wildman–Crippen MR) is 74.3 cm³/mol. The van der Waals surface area contributed by atoms with E-state index >= 15 is 0 Å². The van der Waals surface area contributed by atoms with Crippen molar-refractivity contribution in [3.05, 3.63) is 33.9 Å². The Kier molecular flexibility index (Phi) is 4.74. The molecule has 0 saturated heterocycles. The number of rotatable bonds is 8. The monoisotopic (exact) mass is 264 g/mol. The minimum atomic E-state index is -0.367. The van der Waals surface area contributed by atoms with E-state index in [0.29, 0.717) is 12.5 Å². The lowest BCUT2D eigenvalue weighted by atomic mass is 10.1. The second-order valence-corrected chi connectivity index (χ2v) is 4.98. The second-order valence-electron chi connectivity index (χ2n) is 4.98. The average Bonchev–Trinajstić information content (AvgIpc) is 3.21. The number of non-ortho nitro benzene ring substituents is 1. The smallest absolute Gasteiger partial charge is 0.269 e. The Morgan fingerprint density at radius 1 is 1.47 bits per heavy atom. The summed E-state index contributed by atoms with van der Waals surface area (Å²) in [5.41, 5.74) is 1.92. The molecular formula is C14H20N2O3. The Morgan fingerprint density at radius 2 is 2.26 bits per heavy atom. The topological polar surface area (TPSA) is 64.4 Å². The van der Waals surface area contributed by atoms with Gasteiger partial charge in [0.25, 0.3) is 5.69 Å². The van der Waals surface area contributed by atoms with E-state index in [1.165, 1.54) is 18.9 Å². The zero-order valence-electron chi connectivity index (χ0n) is 11.2. The van der Waals surface area contributed by atoms with Crippen LogP contribution in [0.1, 0.15) is 31.7 Å². The molecule has 5 heteroatoms. The van der Waals surface area contributed by atoms with Crippen LogP contribution in [-0.4, -0.2) is 18.1 Å². The van der Waals surface area contributed by atoms with Gasteiger partial charge in [-0.1, -0.05) is 6.92 Å². The lowest BCUT2D eigenvalue weighted by Gasteiger charge is -2.11. The summed E-state index contributed by atoms with van der Waals surface area (Å²) in [4.78, 5) is 10.4. The van der Waals surface area contributed by atoms with Crippen LogP contribution < -0.4 is 5.32 Å². The quantitative estimate of drug-likeness (QED) is 0.577. The highest BCUT2D eigenvalue weighted by Gasteiger charge is 2.21. The number of ether oxygens (including phenoxy) is 1. The first-order chi connectivity index (χ1) is 9.20. The van der Waals surface area contributed by atoms with Gasteiger partial charge in [-0.05, 0) is 31.2 Å². The summed E-state index contributed by atoms with van der Waals surface area (Å²) < 4.78 is 5.64. The van der Waals surface area contributed by atoms with Gasteiger partial charge in [0.05, 0.1) is 11.5 Å². The maximum atomic E-state index is 10.8. The zero-order valence-corrected chi connectivity index (χ0v) is 11.2. The molecule has 0 atom stereocenters. The van der Waals surface area contributed by atoms with Crippen LogP contribution in [0.5, 0.6) is 0 Å². The third kappa shape index (κ3) is 4.21. The molecule has 0 bridgehead atoms. The van der Waals surface area contributed by atoms with E-state index in [-0.39, 0.29) is 10.6 Å². The zero-order chi connectivity index (χ0) is 13.7. The van der Waals surface area contributed by atoms with Gasteiger partial charge in [-0.2, -0.15) is 0 Å². The second kappa shape index (κ2) is 6.52. The average molecular weight is 264 g/mol. The van der Waals surface area contributed by atoms with Gasteiger partial charge in [0.15, 0.2) is 0 Å². The molecule has 0 unspecified atom stereocenters. The van der Waals surface area contributed by atoms with Gasteiger partial charge in [0, 0.05) is 36.5 Å². The number of nitrogens with one attached hydrogen (secondary N) is 1. The SMILES string of the molecule is CCCNc1ccc([N+](=O)[O-])cc1COCC1CC1. The molecule has 2 rings (SSSR count). The summed E-state index contributed by atoms with van der Waals surface area (Å²) in [6, 6.07) is 4.90. The number of nitro groups is 1. The molecule has 1 aliphatic carbocycles. The lowest BCUT2D eigenvalue weighted by Crippen LogP contribution is -2.06.